The first-order valence-corrected chi connectivity index (χ1v) is 9.90. The summed E-state index contributed by atoms with van der Waals surface area (Å²) in [6.07, 6.45) is -0.254. The summed E-state index contributed by atoms with van der Waals surface area (Å²) in [7, 11) is 1.51. The van der Waals surface area contributed by atoms with E-state index in [1.807, 2.05) is 0 Å². The molecule has 0 saturated carbocycles. The van der Waals surface area contributed by atoms with Gasteiger partial charge in [0.25, 0.3) is 11.8 Å². The number of methoxy groups -OCH3 is 1. The Labute approximate surface area is 183 Å². The number of nitrogens with one attached hydrogen (secondary N) is 2. The number of hydrazine groups is 1. The number of ether oxygens (including phenoxy) is 1. The summed E-state index contributed by atoms with van der Waals surface area (Å²) in [6.45, 7) is 2.01. The molecule has 0 aromatic heterocycles. The average molecular weight is 444 g/mol. The molecule has 162 valence electrons. The molecule has 1 aliphatic heterocycles. The van der Waals surface area contributed by atoms with E-state index < -0.39 is 29.6 Å². The van der Waals surface area contributed by atoms with Gasteiger partial charge >= 0.3 is 0 Å². The third kappa shape index (κ3) is 4.97. The number of halogens is 1. The minimum Gasteiger partial charge on any atom is -0.497 e. The van der Waals surface area contributed by atoms with E-state index in [-0.39, 0.29) is 23.6 Å². The van der Waals surface area contributed by atoms with E-state index in [4.69, 9.17) is 17.0 Å². The zero-order chi connectivity index (χ0) is 22.5. The van der Waals surface area contributed by atoms with Crippen molar-refractivity contribution < 1.29 is 23.5 Å². The Hall–Kier alpha value is -3.53. The number of likely N-dealkylation sites (N-methyl/N-ethyl adjacent to an activating group) is 1. The van der Waals surface area contributed by atoms with Crippen LogP contribution in [0.5, 0.6) is 5.75 Å². The first kappa shape index (κ1) is 22.2. The predicted molar refractivity (Wildman–Crippen MR) is 116 cm³/mol. The highest BCUT2D eigenvalue weighted by atomic mass is 32.1. The minimum absolute atomic E-state index is 0.0600. The molecule has 8 nitrogen and oxygen atoms in total. The maximum Gasteiger partial charge on any atom is 0.269 e. The molecule has 1 atom stereocenters. The fraction of sp³-hybridized carbons (Fsp3) is 0.238. The lowest BCUT2D eigenvalue weighted by Gasteiger charge is -2.24. The van der Waals surface area contributed by atoms with Gasteiger partial charge in [0.1, 0.15) is 17.6 Å². The van der Waals surface area contributed by atoms with Crippen molar-refractivity contribution in [1.82, 2.24) is 15.3 Å². The lowest BCUT2D eigenvalue weighted by molar-refractivity contribution is -0.130. The second-order valence-electron chi connectivity index (χ2n) is 6.69. The lowest BCUT2D eigenvalue weighted by atomic mass is 10.1. The number of benzene rings is 2. The summed E-state index contributed by atoms with van der Waals surface area (Å²) < 4.78 is 18.6. The molecule has 1 unspecified atom stereocenters. The number of hydrogen-bond donors (Lipinski definition) is 2. The number of hydrogen-bond acceptors (Lipinski definition) is 5. The van der Waals surface area contributed by atoms with Gasteiger partial charge in [-0.05, 0) is 49.5 Å². The molecule has 0 spiro atoms. The number of nitrogens with zero attached hydrogens (tertiary/aromatic N) is 2. The Kier molecular flexibility index (Phi) is 6.81. The smallest absolute Gasteiger partial charge is 0.269 e. The van der Waals surface area contributed by atoms with Crippen molar-refractivity contribution in [3.05, 3.63) is 59.9 Å². The molecule has 10 heteroatoms. The van der Waals surface area contributed by atoms with Crippen molar-refractivity contribution in [2.75, 3.05) is 19.0 Å². The lowest BCUT2D eigenvalue weighted by Crippen LogP contribution is -2.49. The van der Waals surface area contributed by atoms with Crippen LogP contribution in [-0.2, 0) is 9.59 Å². The molecule has 2 aromatic carbocycles. The fourth-order valence-electron chi connectivity index (χ4n) is 3.14. The van der Waals surface area contributed by atoms with Crippen LogP contribution in [0.15, 0.2) is 48.5 Å². The zero-order valence-electron chi connectivity index (χ0n) is 16.9. The molecule has 1 saturated heterocycles. The highest BCUT2D eigenvalue weighted by Gasteiger charge is 2.43. The number of carbonyl (C=O) groups excluding carboxylic acids is 3. The molecule has 1 aliphatic rings. The first-order chi connectivity index (χ1) is 14.8. The Bertz CT molecular complexity index is 1030. The van der Waals surface area contributed by atoms with E-state index in [2.05, 4.69) is 10.7 Å². The maximum atomic E-state index is 13.5. The van der Waals surface area contributed by atoms with E-state index in [0.29, 0.717) is 11.4 Å². The average Bonchev–Trinajstić information content (AvgIpc) is 2.97. The van der Waals surface area contributed by atoms with Crippen molar-refractivity contribution in [3.63, 3.8) is 0 Å². The van der Waals surface area contributed by atoms with E-state index in [9.17, 15) is 18.8 Å². The van der Waals surface area contributed by atoms with Crippen LogP contribution in [0.4, 0.5) is 10.1 Å². The molecule has 1 heterocycles. The first-order valence-electron chi connectivity index (χ1n) is 9.49. The van der Waals surface area contributed by atoms with Crippen LogP contribution >= 0.6 is 12.2 Å². The predicted octanol–water partition coefficient (Wildman–Crippen LogP) is 2.33. The van der Waals surface area contributed by atoms with E-state index in [1.165, 1.54) is 35.2 Å². The highest BCUT2D eigenvalue weighted by Crippen LogP contribution is 2.21. The van der Waals surface area contributed by atoms with Crippen molar-refractivity contribution in [1.29, 1.82) is 0 Å². The standard InChI is InChI=1S/C21H21FN4O4S/c1-3-25-20(29)17(12-18(27)23-15-8-5-9-16(11-15)30-2)26(21(25)31)24-19(28)13-6-4-7-14(22)10-13/h4-11,17H,3,12H2,1-2H3,(H,23,27)(H,24,28). The van der Waals surface area contributed by atoms with Gasteiger partial charge in [0.2, 0.25) is 5.91 Å². The van der Waals surface area contributed by atoms with Crippen LogP contribution in [0.1, 0.15) is 23.7 Å². The van der Waals surface area contributed by atoms with Crippen LogP contribution in [0.25, 0.3) is 0 Å². The van der Waals surface area contributed by atoms with Gasteiger partial charge in [-0.1, -0.05) is 12.1 Å². The number of anilines is 1. The van der Waals surface area contributed by atoms with Crippen molar-refractivity contribution in [3.8, 4) is 5.75 Å². The Morgan fingerprint density at radius 2 is 1.94 bits per heavy atom. The maximum absolute atomic E-state index is 13.5. The molecule has 2 aromatic rings. The van der Waals surface area contributed by atoms with Crippen molar-refractivity contribution in [2.45, 2.75) is 19.4 Å². The molecule has 0 aliphatic carbocycles. The Balaban J connectivity index is 1.76. The van der Waals surface area contributed by atoms with E-state index in [1.54, 1.807) is 31.2 Å². The number of rotatable bonds is 7. The van der Waals surface area contributed by atoms with Crippen LogP contribution in [0, 0.1) is 5.82 Å². The molecule has 2 N–H and O–H groups in total. The zero-order valence-corrected chi connectivity index (χ0v) is 17.7. The molecular formula is C21H21FN4O4S. The Morgan fingerprint density at radius 1 is 1.19 bits per heavy atom. The molecule has 1 fully saturated rings. The van der Waals surface area contributed by atoms with Gasteiger partial charge in [0.05, 0.1) is 13.5 Å². The summed E-state index contributed by atoms with van der Waals surface area (Å²) in [5, 5.41) is 3.95. The molecule has 3 amide bonds. The highest BCUT2D eigenvalue weighted by molar-refractivity contribution is 7.80. The van der Waals surface area contributed by atoms with Gasteiger partial charge < -0.3 is 10.1 Å². The van der Waals surface area contributed by atoms with E-state index >= 15 is 0 Å². The van der Waals surface area contributed by atoms with Crippen LogP contribution in [0.2, 0.25) is 0 Å². The van der Waals surface area contributed by atoms with E-state index in [0.717, 1.165) is 6.07 Å². The summed E-state index contributed by atoms with van der Waals surface area (Å²) in [5.74, 6) is -1.51. The topological polar surface area (TPSA) is 91.0 Å². The van der Waals surface area contributed by atoms with Gasteiger partial charge in [0.15, 0.2) is 5.11 Å². The van der Waals surface area contributed by atoms with Gasteiger partial charge in [-0.2, -0.15) is 0 Å². The van der Waals surface area contributed by atoms with Gasteiger partial charge in [-0.3, -0.25) is 24.7 Å². The Morgan fingerprint density at radius 3 is 2.61 bits per heavy atom. The largest absolute Gasteiger partial charge is 0.497 e. The minimum atomic E-state index is -1.03. The molecule has 0 radical (unpaired) electrons. The third-order valence-electron chi connectivity index (χ3n) is 4.66. The summed E-state index contributed by atoms with van der Waals surface area (Å²) in [4.78, 5) is 39.3. The van der Waals surface area contributed by atoms with Gasteiger partial charge in [-0.25, -0.2) is 9.40 Å². The van der Waals surface area contributed by atoms with Gasteiger partial charge in [-0.15, -0.1) is 0 Å². The second-order valence-corrected chi connectivity index (χ2v) is 7.05. The number of carbonyl (C=O) groups is 3. The molecule has 31 heavy (non-hydrogen) atoms. The number of amides is 3. The quantitative estimate of drug-likeness (QED) is 0.637. The van der Waals surface area contributed by atoms with Crippen LogP contribution < -0.4 is 15.5 Å². The molecule has 0 bridgehead atoms. The van der Waals surface area contributed by atoms with Crippen LogP contribution in [0.3, 0.4) is 0 Å². The van der Waals surface area contributed by atoms with Crippen molar-refractivity contribution in [2.24, 2.45) is 0 Å². The molecular weight excluding hydrogens is 423 g/mol. The normalized spacial score (nSPS) is 15.8. The third-order valence-corrected chi connectivity index (χ3v) is 5.07. The summed E-state index contributed by atoms with van der Waals surface area (Å²) in [6, 6.07) is 10.9. The van der Waals surface area contributed by atoms with Crippen LogP contribution in [-0.4, -0.2) is 52.4 Å². The van der Waals surface area contributed by atoms with Crippen molar-refractivity contribution >= 4 is 40.7 Å². The monoisotopic (exact) mass is 444 g/mol. The second kappa shape index (κ2) is 9.52. The SMILES string of the molecule is CCN1C(=O)C(CC(=O)Nc2cccc(OC)c2)N(NC(=O)c2cccc(F)c2)C1=S. The van der Waals surface area contributed by atoms with Gasteiger partial charge in [0, 0.05) is 23.9 Å². The number of thiocarbonyl (C=S) groups is 1. The molecule has 3 rings (SSSR count). The fourth-order valence-corrected chi connectivity index (χ4v) is 3.53. The summed E-state index contributed by atoms with van der Waals surface area (Å²) >= 11 is 5.32. The summed E-state index contributed by atoms with van der Waals surface area (Å²) in [5.41, 5.74) is 3.09.